The van der Waals surface area contributed by atoms with Crippen molar-refractivity contribution in [3.8, 4) is 0 Å². The van der Waals surface area contributed by atoms with Gasteiger partial charge in [0.1, 0.15) is 24.0 Å². The second kappa shape index (κ2) is 9.08. The van der Waals surface area contributed by atoms with Gasteiger partial charge in [-0.2, -0.15) is 5.10 Å². The van der Waals surface area contributed by atoms with Crippen LogP contribution in [0.3, 0.4) is 0 Å². The molecule has 0 unspecified atom stereocenters. The number of fused-ring (bicyclic) bond motifs is 1. The Labute approximate surface area is 179 Å². The van der Waals surface area contributed by atoms with Crippen LogP contribution in [0, 0.1) is 17.6 Å². The summed E-state index contributed by atoms with van der Waals surface area (Å²) in [6, 6.07) is 18.7. The molecule has 6 heteroatoms. The van der Waals surface area contributed by atoms with E-state index in [1.54, 1.807) is 6.20 Å². The number of aromatic nitrogens is 2. The second-order valence-corrected chi connectivity index (χ2v) is 7.82. The Kier molecular flexibility index (Phi) is 6.07. The van der Waals surface area contributed by atoms with Gasteiger partial charge in [-0.25, -0.2) is 8.78 Å². The Morgan fingerprint density at radius 2 is 1.84 bits per heavy atom. The van der Waals surface area contributed by atoms with Crippen molar-refractivity contribution < 1.29 is 13.6 Å². The van der Waals surface area contributed by atoms with Crippen LogP contribution in [0.15, 0.2) is 78.1 Å². The summed E-state index contributed by atoms with van der Waals surface area (Å²) in [5, 5.41) is 9.61. The van der Waals surface area contributed by atoms with E-state index < -0.39 is 11.6 Å². The van der Waals surface area contributed by atoms with Crippen molar-refractivity contribution in [3.63, 3.8) is 0 Å². The van der Waals surface area contributed by atoms with Crippen molar-refractivity contribution in [2.24, 2.45) is 11.1 Å². The molecule has 0 fully saturated rings. The molecule has 0 spiro atoms. The van der Waals surface area contributed by atoms with Crippen LogP contribution >= 0.6 is 0 Å². The first-order valence-electron chi connectivity index (χ1n) is 10.2. The number of oxime groups is 1. The van der Waals surface area contributed by atoms with E-state index >= 15 is 0 Å². The van der Waals surface area contributed by atoms with E-state index in [-0.39, 0.29) is 12.2 Å². The molecule has 31 heavy (non-hydrogen) atoms. The van der Waals surface area contributed by atoms with Crippen molar-refractivity contribution in [3.05, 3.63) is 101 Å². The van der Waals surface area contributed by atoms with Crippen LogP contribution in [-0.2, 0) is 18.0 Å². The summed E-state index contributed by atoms with van der Waals surface area (Å²) in [7, 11) is 0. The molecule has 4 aromatic rings. The molecule has 0 aliphatic heterocycles. The highest BCUT2D eigenvalue weighted by molar-refractivity contribution is 6.14. The molecular formula is C25H23F2N3O. The molecule has 0 bridgehead atoms. The molecule has 3 aromatic carbocycles. The van der Waals surface area contributed by atoms with E-state index in [1.807, 2.05) is 53.2 Å². The number of hydrogen-bond donors (Lipinski definition) is 0. The van der Waals surface area contributed by atoms with Crippen molar-refractivity contribution >= 4 is 16.6 Å². The molecule has 0 aliphatic carbocycles. The maximum Gasteiger partial charge on any atom is 0.142 e. The molecule has 0 saturated carbocycles. The Hall–Kier alpha value is -3.54. The van der Waals surface area contributed by atoms with Gasteiger partial charge in [-0.3, -0.25) is 4.68 Å². The average molecular weight is 419 g/mol. The molecule has 0 atom stereocenters. The van der Waals surface area contributed by atoms with Crippen LogP contribution in [-0.4, -0.2) is 15.5 Å². The zero-order valence-corrected chi connectivity index (χ0v) is 17.4. The maximum atomic E-state index is 14.6. The summed E-state index contributed by atoms with van der Waals surface area (Å²) in [6.07, 6.45) is 1.78. The van der Waals surface area contributed by atoms with Crippen LogP contribution in [0.4, 0.5) is 8.78 Å². The predicted molar refractivity (Wildman–Crippen MR) is 118 cm³/mol. The van der Waals surface area contributed by atoms with E-state index in [9.17, 15) is 8.78 Å². The van der Waals surface area contributed by atoms with Gasteiger partial charge >= 0.3 is 0 Å². The molecule has 158 valence electrons. The lowest BCUT2D eigenvalue weighted by atomic mass is 10.0. The van der Waals surface area contributed by atoms with Gasteiger partial charge in [0.2, 0.25) is 0 Å². The van der Waals surface area contributed by atoms with Crippen molar-refractivity contribution in [1.29, 1.82) is 0 Å². The zero-order valence-electron chi connectivity index (χ0n) is 17.4. The predicted octanol–water partition coefficient (Wildman–Crippen LogP) is 5.94. The number of rotatable bonds is 7. The first-order chi connectivity index (χ1) is 15.0. The fourth-order valence-electron chi connectivity index (χ4n) is 3.41. The lowest BCUT2D eigenvalue weighted by Crippen LogP contribution is -2.08. The third-order valence-electron chi connectivity index (χ3n) is 4.87. The number of benzene rings is 3. The minimum Gasteiger partial charge on any atom is -0.390 e. The van der Waals surface area contributed by atoms with Gasteiger partial charge in [0.15, 0.2) is 0 Å². The van der Waals surface area contributed by atoms with E-state index in [0.717, 1.165) is 29.1 Å². The number of hydrogen-bond acceptors (Lipinski definition) is 3. The Bertz CT molecular complexity index is 1220. The van der Waals surface area contributed by atoms with Crippen LogP contribution in [0.1, 0.15) is 30.5 Å². The smallest absolute Gasteiger partial charge is 0.142 e. The van der Waals surface area contributed by atoms with E-state index in [2.05, 4.69) is 24.1 Å². The lowest BCUT2D eigenvalue weighted by molar-refractivity contribution is 0.131. The Morgan fingerprint density at radius 1 is 1.03 bits per heavy atom. The third kappa shape index (κ3) is 4.79. The van der Waals surface area contributed by atoms with Gasteiger partial charge < -0.3 is 4.84 Å². The second-order valence-electron chi connectivity index (χ2n) is 7.82. The van der Waals surface area contributed by atoms with Gasteiger partial charge in [-0.15, -0.1) is 0 Å². The normalized spacial score (nSPS) is 12.0. The largest absolute Gasteiger partial charge is 0.390 e. The maximum absolute atomic E-state index is 14.6. The van der Waals surface area contributed by atoms with Crippen LogP contribution in [0.25, 0.3) is 10.9 Å². The minimum absolute atomic E-state index is 0.170. The molecule has 4 nitrogen and oxygen atoms in total. The van der Waals surface area contributed by atoms with Gasteiger partial charge in [-0.1, -0.05) is 55.4 Å². The fourth-order valence-corrected chi connectivity index (χ4v) is 3.41. The van der Waals surface area contributed by atoms with E-state index in [0.29, 0.717) is 17.2 Å². The molecule has 1 heterocycles. The average Bonchev–Trinajstić information content (AvgIpc) is 3.14. The first kappa shape index (κ1) is 20.7. The standard InChI is InChI=1S/C25H23F2N3O/c1-17(2)15-30-24-11-8-19(12-20(24)14-28-30)25(22-10-9-21(26)13-23(22)27)29-31-16-18-6-4-3-5-7-18/h3-14,17H,15-16H2,1-2H3/b29-25-. The summed E-state index contributed by atoms with van der Waals surface area (Å²) in [5.74, 6) is -0.881. The Balaban J connectivity index is 1.72. The summed E-state index contributed by atoms with van der Waals surface area (Å²) >= 11 is 0. The SMILES string of the molecule is CC(C)Cn1ncc2cc(/C(=N/OCc3ccccc3)c3ccc(F)cc3F)ccc21. The molecule has 4 rings (SSSR count). The van der Waals surface area contributed by atoms with Gasteiger partial charge in [0, 0.05) is 29.1 Å². The van der Waals surface area contributed by atoms with Crippen molar-refractivity contribution in [1.82, 2.24) is 9.78 Å². The summed E-state index contributed by atoms with van der Waals surface area (Å²) in [5.41, 5.74) is 3.06. The molecule has 0 saturated heterocycles. The topological polar surface area (TPSA) is 39.4 Å². The number of nitrogens with zero attached hydrogens (tertiary/aromatic N) is 3. The van der Waals surface area contributed by atoms with Gasteiger partial charge in [0.05, 0.1) is 11.7 Å². The van der Waals surface area contributed by atoms with Crippen LogP contribution < -0.4 is 0 Å². The fraction of sp³-hybridized carbons (Fsp3) is 0.200. The van der Waals surface area contributed by atoms with E-state index in [4.69, 9.17) is 4.84 Å². The van der Waals surface area contributed by atoms with Crippen molar-refractivity contribution in [2.45, 2.75) is 27.0 Å². The molecule has 0 radical (unpaired) electrons. The summed E-state index contributed by atoms with van der Waals surface area (Å²) < 4.78 is 30.0. The third-order valence-corrected chi connectivity index (χ3v) is 4.87. The van der Waals surface area contributed by atoms with Crippen molar-refractivity contribution in [2.75, 3.05) is 0 Å². The van der Waals surface area contributed by atoms with Crippen LogP contribution in [0.2, 0.25) is 0 Å². The molecular weight excluding hydrogens is 396 g/mol. The quantitative estimate of drug-likeness (QED) is 0.275. The molecule has 0 N–H and O–H groups in total. The highest BCUT2D eigenvalue weighted by Crippen LogP contribution is 2.22. The monoisotopic (exact) mass is 419 g/mol. The molecule has 0 amide bonds. The minimum atomic E-state index is -0.697. The lowest BCUT2D eigenvalue weighted by Gasteiger charge is -2.10. The summed E-state index contributed by atoms with van der Waals surface area (Å²) in [6.45, 7) is 5.31. The highest BCUT2D eigenvalue weighted by atomic mass is 19.1. The first-order valence-corrected chi connectivity index (χ1v) is 10.2. The zero-order chi connectivity index (χ0) is 21.8. The van der Waals surface area contributed by atoms with E-state index in [1.165, 1.54) is 12.1 Å². The highest BCUT2D eigenvalue weighted by Gasteiger charge is 2.16. The molecule has 1 aromatic heterocycles. The molecule has 0 aliphatic rings. The van der Waals surface area contributed by atoms with Gasteiger partial charge in [0.25, 0.3) is 0 Å². The van der Waals surface area contributed by atoms with Gasteiger partial charge in [-0.05, 0) is 35.7 Å². The number of halogens is 2. The summed E-state index contributed by atoms with van der Waals surface area (Å²) in [4.78, 5) is 5.55. The van der Waals surface area contributed by atoms with Crippen LogP contribution in [0.5, 0.6) is 0 Å². The Morgan fingerprint density at radius 3 is 2.58 bits per heavy atom.